The molecule has 0 spiro atoms. The predicted octanol–water partition coefficient (Wildman–Crippen LogP) is 2.59. The molecule has 0 bridgehead atoms. The number of halogens is 2. The number of nitrogens with zero attached hydrogens (tertiary/aromatic N) is 1. The summed E-state index contributed by atoms with van der Waals surface area (Å²) in [7, 11) is 1.13. The van der Waals surface area contributed by atoms with Gasteiger partial charge in [0.2, 0.25) is 0 Å². The number of aryl methyl sites for hydroxylation is 1. The molecule has 8 heteroatoms. The van der Waals surface area contributed by atoms with E-state index < -0.39 is 14.0 Å². The van der Waals surface area contributed by atoms with Gasteiger partial charge in [0.25, 0.3) is 14.7 Å². The molecule has 0 unspecified atom stereocenters. The number of hydrogen-bond donors (Lipinski definition) is 0. The van der Waals surface area contributed by atoms with Gasteiger partial charge in [0.1, 0.15) is 4.90 Å². The first-order chi connectivity index (χ1) is 6.73. The summed E-state index contributed by atoms with van der Waals surface area (Å²) in [6, 6.07) is 2.27. The van der Waals surface area contributed by atoms with Gasteiger partial charge in [0.05, 0.1) is 4.92 Å². The van der Waals surface area contributed by atoms with E-state index >= 15 is 0 Å². The number of rotatable bonds is 2. The summed E-state index contributed by atoms with van der Waals surface area (Å²) in [6.45, 7) is 1.51. The van der Waals surface area contributed by atoms with Gasteiger partial charge in [-0.05, 0) is 28.9 Å². The summed E-state index contributed by atoms with van der Waals surface area (Å²) in [5.41, 5.74) is 0.0772. The van der Waals surface area contributed by atoms with Crippen LogP contribution in [0, 0.1) is 17.0 Å². The van der Waals surface area contributed by atoms with Crippen LogP contribution in [0.2, 0.25) is 0 Å². The maximum atomic E-state index is 11.1. The fourth-order valence-corrected chi connectivity index (χ4v) is 3.33. The van der Waals surface area contributed by atoms with Crippen molar-refractivity contribution in [2.45, 2.75) is 11.8 Å². The van der Waals surface area contributed by atoms with Gasteiger partial charge in [-0.15, -0.1) is 0 Å². The zero-order valence-corrected chi connectivity index (χ0v) is 10.6. The van der Waals surface area contributed by atoms with Crippen LogP contribution in [0.3, 0.4) is 0 Å². The zero-order valence-electron chi connectivity index (χ0n) is 7.40. The molecule has 0 saturated carbocycles. The summed E-state index contributed by atoms with van der Waals surface area (Å²) >= 11 is 2.98. The monoisotopic (exact) mass is 313 g/mol. The summed E-state index contributed by atoms with van der Waals surface area (Å²) in [5, 5.41) is 10.6. The molecule has 0 aliphatic rings. The molecule has 0 amide bonds. The maximum absolute atomic E-state index is 11.1. The van der Waals surface area contributed by atoms with Crippen molar-refractivity contribution in [3.05, 3.63) is 32.3 Å². The third-order valence-electron chi connectivity index (χ3n) is 1.71. The molecule has 0 aliphatic carbocycles. The SMILES string of the molecule is Cc1cc(Br)c(S(=O)(=O)Cl)cc1[N+](=O)[O-]. The molecule has 0 heterocycles. The van der Waals surface area contributed by atoms with Gasteiger partial charge in [-0.25, -0.2) is 8.42 Å². The van der Waals surface area contributed by atoms with E-state index in [1.54, 1.807) is 0 Å². The number of nitro groups is 1. The molecule has 0 fully saturated rings. The van der Waals surface area contributed by atoms with E-state index in [1.165, 1.54) is 13.0 Å². The highest BCUT2D eigenvalue weighted by Crippen LogP contribution is 2.31. The van der Waals surface area contributed by atoms with Crippen molar-refractivity contribution in [2.24, 2.45) is 0 Å². The van der Waals surface area contributed by atoms with Gasteiger partial charge in [-0.1, -0.05) is 0 Å². The Bertz CT molecular complexity index is 528. The predicted molar refractivity (Wildman–Crippen MR) is 58.6 cm³/mol. The van der Waals surface area contributed by atoms with Crippen molar-refractivity contribution in [2.75, 3.05) is 0 Å². The lowest BCUT2D eigenvalue weighted by Crippen LogP contribution is -1.98. The van der Waals surface area contributed by atoms with E-state index in [0.29, 0.717) is 5.56 Å². The summed E-state index contributed by atoms with van der Waals surface area (Å²) < 4.78 is 22.3. The van der Waals surface area contributed by atoms with Crippen LogP contribution < -0.4 is 0 Å². The fourth-order valence-electron chi connectivity index (χ4n) is 1.03. The molecule has 1 aromatic rings. The van der Waals surface area contributed by atoms with Crippen LogP contribution in [0.15, 0.2) is 21.5 Å². The van der Waals surface area contributed by atoms with E-state index in [0.717, 1.165) is 6.07 Å². The molecular weight excluding hydrogens is 310 g/mol. The average Bonchev–Trinajstić information content (AvgIpc) is 2.00. The zero-order chi connectivity index (χ0) is 11.8. The highest BCUT2D eigenvalue weighted by Gasteiger charge is 2.21. The van der Waals surface area contributed by atoms with E-state index in [4.69, 9.17) is 10.7 Å². The Labute approximate surface area is 98.7 Å². The van der Waals surface area contributed by atoms with E-state index in [-0.39, 0.29) is 15.1 Å². The van der Waals surface area contributed by atoms with Gasteiger partial charge in [-0.2, -0.15) is 0 Å². The summed E-state index contributed by atoms with van der Waals surface area (Å²) in [6.07, 6.45) is 0. The van der Waals surface area contributed by atoms with Crippen LogP contribution in [0.5, 0.6) is 0 Å². The Kier molecular flexibility index (Phi) is 3.37. The maximum Gasteiger partial charge on any atom is 0.273 e. The van der Waals surface area contributed by atoms with Crippen LogP contribution in [0.4, 0.5) is 5.69 Å². The van der Waals surface area contributed by atoms with E-state index in [9.17, 15) is 18.5 Å². The standard InChI is InChI=1S/C7H5BrClNO4S/c1-4-2-5(8)7(15(9,13)14)3-6(4)10(11)12/h2-3H,1H3. The highest BCUT2D eigenvalue weighted by molar-refractivity contribution is 9.10. The van der Waals surface area contributed by atoms with Crippen LogP contribution in [0.1, 0.15) is 5.56 Å². The minimum atomic E-state index is -3.99. The Hall–Kier alpha value is -0.660. The molecule has 15 heavy (non-hydrogen) atoms. The molecule has 0 atom stereocenters. The Morgan fingerprint density at radius 3 is 2.40 bits per heavy atom. The van der Waals surface area contributed by atoms with Crippen LogP contribution in [0.25, 0.3) is 0 Å². The molecule has 0 saturated heterocycles. The summed E-state index contributed by atoms with van der Waals surface area (Å²) in [4.78, 5) is 9.60. The molecule has 1 aromatic carbocycles. The number of benzene rings is 1. The van der Waals surface area contributed by atoms with E-state index in [2.05, 4.69) is 15.9 Å². The minimum Gasteiger partial charge on any atom is -0.258 e. The molecule has 0 N–H and O–H groups in total. The average molecular weight is 315 g/mol. The van der Waals surface area contributed by atoms with Crippen molar-refractivity contribution < 1.29 is 13.3 Å². The topological polar surface area (TPSA) is 77.3 Å². The molecule has 0 radical (unpaired) electrons. The quantitative estimate of drug-likeness (QED) is 0.477. The third kappa shape index (κ3) is 2.67. The lowest BCUT2D eigenvalue weighted by molar-refractivity contribution is -0.385. The van der Waals surface area contributed by atoms with Crippen LogP contribution in [-0.4, -0.2) is 13.3 Å². The second-order valence-corrected chi connectivity index (χ2v) is 6.15. The van der Waals surface area contributed by atoms with Gasteiger partial charge >= 0.3 is 0 Å². The van der Waals surface area contributed by atoms with Gasteiger partial charge < -0.3 is 0 Å². The largest absolute Gasteiger partial charge is 0.273 e. The lowest BCUT2D eigenvalue weighted by atomic mass is 10.2. The Balaban J connectivity index is 3.58. The molecule has 82 valence electrons. The fraction of sp³-hybridized carbons (Fsp3) is 0.143. The first kappa shape index (κ1) is 12.4. The molecule has 1 rings (SSSR count). The first-order valence-corrected chi connectivity index (χ1v) is 6.73. The first-order valence-electron chi connectivity index (χ1n) is 3.62. The Morgan fingerprint density at radius 2 is 2.00 bits per heavy atom. The molecular formula is C7H5BrClNO4S. The molecule has 0 aromatic heterocycles. The third-order valence-corrected chi connectivity index (χ3v) is 3.99. The smallest absolute Gasteiger partial charge is 0.258 e. The van der Waals surface area contributed by atoms with Crippen molar-refractivity contribution in [1.82, 2.24) is 0 Å². The van der Waals surface area contributed by atoms with Crippen molar-refractivity contribution in [3.8, 4) is 0 Å². The van der Waals surface area contributed by atoms with Crippen LogP contribution in [-0.2, 0) is 9.05 Å². The number of hydrogen-bond acceptors (Lipinski definition) is 4. The molecule has 0 aliphatic heterocycles. The van der Waals surface area contributed by atoms with E-state index in [1.807, 2.05) is 0 Å². The minimum absolute atomic E-state index is 0.209. The lowest BCUT2D eigenvalue weighted by Gasteiger charge is -2.02. The number of nitro benzene ring substituents is 1. The second kappa shape index (κ2) is 4.07. The summed E-state index contributed by atoms with van der Waals surface area (Å²) in [5.74, 6) is 0. The van der Waals surface area contributed by atoms with Gasteiger partial charge in [0, 0.05) is 26.8 Å². The van der Waals surface area contributed by atoms with Gasteiger partial charge in [-0.3, -0.25) is 10.1 Å². The van der Waals surface area contributed by atoms with Crippen molar-refractivity contribution in [1.29, 1.82) is 0 Å². The van der Waals surface area contributed by atoms with Crippen molar-refractivity contribution in [3.63, 3.8) is 0 Å². The van der Waals surface area contributed by atoms with Gasteiger partial charge in [0.15, 0.2) is 0 Å². The Morgan fingerprint density at radius 1 is 1.47 bits per heavy atom. The van der Waals surface area contributed by atoms with Crippen molar-refractivity contribution >= 4 is 41.4 Å². The molecule has 5 nitrogen and oxygen atoms in total. The van der Waals surface area contributed by atoms with Crippen LogP contribution >= 0.6 is 26.6 Å². The normalized spacial score (nSPS) is 11.4. The highest BCUT2D eigenvalue weighted by atomic mass is 79.9. The second-order valence-electron chi connectivity index (χ2n) is 2.76.